The van der Waals surface area contributed by atoms with E-state index in [1.54, 1.807) is 19.2 Å². The lowest BCUT2D eigenvalue weighted by molar-refractivity contribution is 0.0594. The Morgan fingerprint density at radius 3 is 2.61 bits per heavy atom. The van der Waals surface area contributed by atoms with Gasteiger partial charge in [-0.15, -0.1) is 0 Å². The van der Waals surface area contributed by atoms with Gasteiger partial charge in [-0.1, -0.05) is 19.1 Å². The number of halogens is 1. The van der Waals surface area contributed by atoms with Crippen LogP contribution in [0.2, 0.25) is 0 Å². The summed E-state index contributed by atoms with van der Waals surface area (Å²) < 4.78 is 17.6. The molecule has 1 aromatic carbocycles. The first-order valence-corrected chi connectivity index (χ1v) is 6.26. The summed E-state index contributed by atoms with van der Waals surface area (Å²) in [5.74, 6) is 0.117. The normalized spacial score (nSPS) is 14.4. The fraction of sp³-hybridized carbons (Fsp3) is 0.571. The molecule has 0 heterocycles. The van der Waals surface area contributed by atoms with Crippen molar-refractivity contribution in [3.8, 4) is 0 Å². The van der Waals surface area contributed by atoms with E-state index in [0.717, 1.165) is 18.7 Å². The zero-order chi connectivity index (χ0) is 13.4. The molecule has 2 unspecified atom stereocenters. The van der Waals surface area contributed by atoms with Crippen LogP contribution in [0.1, 0.15) is 24.8 Å². The summed E-state index contributed by atoms with van der Waals surface area (Å²) in [6, 6.07) is 6.57. The number of methoxy groups -OCH3 is 1. The summed E-state index contributed by atoms with van der Waals surface area (Å²) in [6.07, 6.45) is 0.257. The number of benzene rings is 1. The van der Waals surface area contributed by atoms with Crippen molar-refractivity contribution >= 4 is 0 Å². The second-order valence-corrected chi connectivity index (χ2v) is 4.55. The lowest BCUT2D eigenvalue weighted by Crippen LogP contribution is -2.26. The zero-order valence-corrected chi connectivity index (χ0v) is 11.0. The van der Waals surface area contributed by atoms with Gasteiger partial charge >= 0.3 is 0 Å². The van der Waals surface area contributed by atoms with Crippen molar-refractivity contribution in [1.82, 2.24) is 5.32 Å². The Kier molecular flexibility index (Phi) is 6.86. The Balaban J connectivity index is 2.21. The van der Waals surface area contributed by atoms with Crippen molar-refractivity contribution in [3.05, 3.63) is 35.6 Å². The molecular weight excluding hydrogens is 233 g/mol. The molecule has 4 heteroatoms. The Hall–Kier alpha value is -0.970. The van der Waals surface area contributed by atoms with Gasteiger partial charge in [0.15, 0.2) is 0 Å². The van der Waals surface area contributed by atoms with Gasteiger partial charge in [0.2, 0.25) is 0 Å². The Labute approximate surface area is 108 Å². The molecule has 0 aliphatic rings. The molecule has 0 bridgehead atoms. The van der Waals surface area contributed by atoms with E-state index >= 15 is 0 Å². The second-order valence-electron chi connectivity index (χ2n) is 4.55. The lowest BCUT2D eigenvalue weighted by atomic mass is 10.0. The van der Waals surface area contributed by atoms with E-state index in [0.29, 0.717) is 18.9 Å². The van der Waals surface area contributed by atoms with Crippen LogP contribution >= 0.6 is 0 Å². The highest BCUT2D eigenvalue weighted by Crippen LogP contribution is 2.14. The first kappa shape index (κ1) is 15.1. The molecule has 2 N–H and O–H groups in total. The van der Waals surface area contributed by atoms with E-state index < -0.39 is 6.10 Å². The molecule has 0 fully saturated rings. The molecule has 18 heavy (non-hydrogen) atoms. The number of hydrogen-bond donors (Lipinski definition) is 2. The zero-order valence-electron chi connectivity index (χ0n) is 11.0. The molecule has 3 nitrogen and oxygen atoms in total. The third-order valence-corrected chi connectivity index (χ3v) is 2.90. The summed E-state index contributed by atoms with van der Waals surface area (Å²) in [5.41, 5.74) is 1.11. The summed E-state index contributed by atoms with van der Waals surface area (Å²) in [6.45, 7) is 4.02. The molecule has 0 amide bonds. The third-order valence-electron chi connectivity index (χ3n) is 2.90. The van der Waals surface area contributed by atoms with Crippen LogP contribution in [0.3, 0.4) is 0 Å². The molecule has 0 saturated carbocycles. The number of aliphatic hydroxyl groups is 1. The maximum atomic E-state index is 12.8. The van der Waals surface area contributed by atoms with Gasteiger partial charge in [0.25, 0.3) is 0 Å². The van der Waals surface area contributed by atoms with E-state index in [-0.39, 0.29) is 5.82 Å². The van der Waals surface area contributed by atoms with Gasteiger partial charge in [-0.2, -0.15) is 0 Å². The first-order chi connectivity index (χ1) is 8.63. The van der Waals surface area contributed by atoms with Gasteiger partial charge in [0, 0.05) is 13.7 Å². The molecule has 102 valence electrons. The second kappa shape index (κ2) is 8.19. The van der Waals surface area contributed by atoms with Gasteiger partial charge in [-0.25, -0.2) is 4.39 Å². The molecule has 0 saturated heterocycles. The van der Waals surface area contributed by atoms with Crippen molar-refractivity contribution in [2.24, 2.45) is 0 Å². The monoisotopic (exact) mass is 255 g/mol. The maximum absolute atomic E-state index is 12.8. The molecule has 0 spiro atoms. The number of aliphatic hydroxyl groups excluding tert-OH is 1. The number of ether oxygens (including phenoxy) is 1. The summed E-state index contributed by atoms with van der Waals surface area (Å²) in [7, 11) is 1.58. The summed E-state index contributed by atoms with van der Waals surface area (Å²) in [5, 5.41) is 12.7. The molecule has 0 aromatic heterocycles. The van der Waals surface area contributed by atoms with Gasteiger partial charge < -0.3 is 15.2 Å². The average molecular weight is 255 g/mol. The van der Waals surface area contributed by atoms with Crippen molar-refractivity contribution in [1.29, 1.82) is 0 Å². The van der Waals surface area contributed by atoms with Crippen molar-refractivity contribution in [3.63, 3.8) is 0 Å². The highest BCUT2D eigenvalue weighted by atomic mass is 19.1. The van der Waals surface area contributed by atoms with Crippen LogP contribution in [0.15, 0.2) is 24.3 Å². The van der Waals surface area contributed by atoms with Crippen molar-refractivity contribution < 1.29 is 14.2 Å². The predicted octanol–water partition coefficient (Wildman–Crippen LogP) is 1.92. The van der Waals surface area contributed by atoms with Crippen LogP contribution in [0.4, 0.5) is 4.39 Å². The molecular formula is C14H22FNO2. The minimum Gasteiger partial charge on any atom is -0.391 e. The molecule has 2 atom stereocenters. The Morgan fingerprint density at radius 1 is 1.33 bits per heavy atom. The average Bonchev–Trinajstić information content (AvgIpc) is 2.35. The summed E-state index contributed by atoms with van der Waals surface area (Å²) in [4.78, 5) is 0. The van der Waals surface area contributed by atoms with Crippen LogP contribution in [0.5, 0.6) is 0 Å². The van der Waals surface area contributed by atoms with Gasteiger partial charge in [0.1, 0.15) is 5.82 Å². The summed E-state index contributed by atoms with van der Waals surface area (Å²) >= 11 is 0. The lowest BCUT2D eigenvalue weighted by Gasteiger charge is -2.14. The minimum absolute atomic E-state index is 0.207. The molecule has 1 rings (SSSR count). The smallest absolute Gasteiger partial charge is 0.123 e. The van der Waals surface area contributed by atoms with E-state index in [4.69, 9.17) is 4.74 Å². The predicted molar refractivity (Wildman–Crippen MR) is 70.2 cm³/mol. The van der Waals surface area contributed by atoms with E-state index in [9.17, 15) is 9.50 Å². The molecule has 0 radical (unpaired) electrons. The van der Waals surface area contributed by atoms with E-state index in [1.165, 1.54) is 12.1 Å². The fourth-order valence-corrected chi connectivity index (χ4v) is 1.77. The van der Waals surface area contributed by atoms with Crippen LogP contribution < -0.4 is 5.32 Å². The van der Waals surface area contributed by atoms with Gasteiger partial charge in [-0.05, 0) is 36.6 Å². The quantitative estimate of drug-likeness (QED) is 0.697. The fourth-order valence-electron chi connectivity index (χ4n) is 1.77. The Bertz CT molecular complexity index is 329. The van der Waals surface area contributed by atoms with E-state index in [2.05, 4.69) is 12.2 Å². The van der Waals surface area contributed by atoms with Gasteiger partial charge in [-0.3, -0.25) is 0 Å². The number of nitrogens with one attached hydrogen (secondary N) is 1. The molecule has 1 aromatic rings. The maximum Gasteiger partial charge on any atom is 0.123 e. The topological polar surface area (TPSA) is 41.5 Å². The minimum atomic E-state index is -0.413. The first-order valence-electron chi connectivity index (χ1n) is 6.26. The van der Waals surface area contributed by atoms with Crippen molar-refractivity contribution in [2.45, 2.75) is 25.4 Å². The standard InChI is InChI=1S/C14H22FNO2/c1-11(12-3-5-13(15)6-4-12)9-16-8-7-14(17)10-18-2/h3-6,11,14,16-17H,7-10H2,1-2H3. The number of hydrogen-bond acceptors (Lipinski definition) is 3. The van der Waals surface area contributed by atoms with Crippen molar-refractivity contribution in [2.75, 3.05) is 26.8 Å². The highest BCUT2D eigenvalue weighted by Gasteiger charge is 2.06. The van der Waals surface area contributed by atoms with Crippen LogP contribution in [0.25, 0.3) is 0 Å². The highest BCUT2D eigenvalue weighted by molar-refractivity contribution is 5.20. The van der Waals surface area contributed by atoms with Crippen LogP contribution in [-0.4, -0.2) is 38.0 Å². The SMILES string of the molecule is COCC(O)CCNCC(C)c1ccc(F)cc1. The number of rotatable bonds is 8. The van der Waals surface area contributed by atoms with Crippen LogP contribution in [-0.2, 0) is 4.74 Å². The molecule has 0 aliphatic heterocycles. The van der Waals surface area contributed by atoms with Gasteiger partial charge in [0.05, 0.1) is 12.7 Å². The molecule has 0 aliphatic carbocycles. The van der Waals surface area contributed by atoms with Crippen LogP contribution in [0, 0.1) is 5.82 Å². The van der Waals surface area contributed by atoms with E-state index in [1.807, 2.05) is 0 Å². The Morgan fingerprint density at radius 2 is 2.00 bits per heavy atom. The largest absolute Gasteiger partial charge is 0.391 e. The third kappa shape index (κ3) is 5.58.